The number of carbonyl (C=O) groups is 2. The van der Waals surface area contributed by atoms with Crippen molar-refractivity contribution in [2.75, 3.05) is 6.54 Å². The van der Waals surface area contributed by atoms with E-state index in [0.717, 1.165) is 22.2 Å². The van der Waals surface area contributed by atoms with Gasteiger partial charge in [-0.15, -0.1) is 0 Å². The molecule has 0 fully saturated rings. The monoisotopic (exact) mass is 304 g/mol. The largest absolute Gasteiger partial charge is 0.358 e. The highest BCUT2D eigenvalue weighted by atomic mass is 16.2. The zero-order valence-electron chi connectivity index (χ0n) is 12.8. The van der Waals surface area contributed by atoms with Gasteiger partial charge in [0.05, 0.1) is 11.1 Å². The van der Waals surface area contributed by atoms with Gasteiger partial charge in [-0.3, -0.25) is 14.5 Å². The summed E-state index contributed by atoms with van der Waals surface area (Å²) < 4.78 is 0. The van der Waals surface area contributed by atoms with Crippen molar-refractivity contribution in [2.24, 2.45) is 0 Å². The average Bonchev–Trinajstić information content (AvgIpc) is 3.01. The first-order valence-corrected chi connectivity index (χ1v) is 7.68. The first kappa shape index (κ1) is 13.8. The van der Waals surface area contributed by atoms with Crippen LogP contribution in [0.4, 0.5) is 0 Å². The van der Waals surface area contributed by atoms with Crippen LogP contribution in [0.15, 0.2) is 48.5 Å². The minimum Gasteiger partial charge on any atom is -0.358 e. The van der Waals surface area contributed by atoms with Gasteiger partial charge in [0.15, 0.2) is 0 Å². The Kier molecular flexibility index (Phi) is 3.05. The maximum Gasteiger partial charge on any atom is 0.261 e. The lowest BCUT2D eigenvalue weighted by Gasteiger charge is -2.13. The third kappa shape index (κ3) is 2.06. The SMILES string of the molecule is Cc1[nH]c2ccccc2c1CCN1C(=O)c2ccccc2C1=O. The van der Waals surface area contributed by atoms with Gasteiger partial charge in [-0.05, 0) is 37.1 Å². The molecule has 114 valence electrons. The fourth-order valence-electron chi connectivity index (χ4n) is 3.32. The Hall–Kier alpha value is -2.88. The van der Waals surface area contributed by atoms with E-state index in [2.05, 4.69) is 11.1 Å². The molecule has 0 aliphatic carbocycles. The summed E-state index contributed by atoms with van der Waals surface area (Å²) in [6.07, 6.45) is 0.654. The van der Waals surface area contributed by atoms with Gasteiger partial charge in [0.1, 0.15) is 0 Å². The molecule has 3 aromatic rings. The molecule has 2 amide bonds. The maximum atomic E-state index is 12.4. The lowest BCUT2D eigenvalue weighted by molar-refractivity contribution is 0.0656. The van der Waals surface area contributed by atoms with Gasteiger partial charge in [0.25, 0.3) is 11.8 Å². The van der Waals surface area contributed by atoms with Crippen molar-refractivity contribution < 1.29 is 9.59 Å². The topological polar surface area (TPSA) is 53.2 Å². The Labute approximate surface area is 133 Å². The summed E-state index contributed by atoms with van der Waals surface area (Å²) in [5.41, 5.74) is 4.35. The van der Waals surface area contributed by atoms with Crippen molar-refractivity contribution >= 4 is 22.7 Å². The number of nitrogens with one attached hydrogen (secondary N) is 1. The number of H-pyrrole nitrogens is 1. The molecule has 1 aliphatic heterocycles. The summed E-state index contributed by atoms with van der Waals surface area (Å²) in [6, 6.07) is 15.1. The summed E-state index contributed by atoms with van der Waals surface area (Å²) >= 11 is 0. The number of fused-ring (bicyclic) bond motifs is 2. The Morgan fingerprint density at radius 2 is 1.52 bits per heavy atom. The number of hydrogen-bond acceptors (Lipinski definition) is 2. The number of aryl methyl sites for hydroxylation is 1. The molecule has 4 heteroatoms. The molecule has 0 radical (unpaired) electrons. The molecule has 4 nitrogen and oxygen atoms in total. The van der Waals surface area contributed by atoms with Crippen LogP contribution >= 0.6 is 0 Å². The number of aromatic nitrogens is 1. The Morgan fingerprint density at radius 1 is 0.913 bits per heavy atom. The smallest absolute Gasteiger partial charge is 0.261 e. The minimum absolute atomic E-state index is 0.192. The standard InChI is InChI=1S/C19H16N2O2/c1-12-13(14-6-4-5-9-17(14)20-12)10-11-21-18(22)15-7-2-3-8-16(15)19(21)23/h2-9,20H,10-11H2,1H3. The molecule has 2 heterocycles. The van der Waals surface area contributed by atoms with Gasteiger partial charge >= 0.3 is 0 Å². The highest BCUT2D eigenvalue weighted by molar-refractivity contribution is 6.21. The quantitative estimate of drug-likeness (QED) is 0.755. The van der Waals surface area contributed by atoms with Crippen LogP contribution in [0.1, 0.15) is 32.0 Å². The average molecular weight is 304 g/mol. The van der Waals surface area contributed by atoms with E-state index in [1.165, 1.54) is 4.90 Å². The number of carbonyl (C=O) groups excluding carboxylic acids is 2. The highest BCUT2D eigenvalue weighted by Crippen LogP contribution is 2.25. The second-order valence-electron chi connectivity index (χ2n) is 5.83. The van der Waals surface area contributed by atoms with Crippen molar-refractivity contribution in [3.8, 4) is 0 Å². The molecule has 1 aromatic heterocycles. The third-order valence-corrected chi connectivity index (χ3v) is 4.49. The zero-order valence-corrected chi connectivity index (χ0v) is 12.8. The van der Waals surface area contributed by atoms with Gasteiger partial charge in [0, 0.05) is 23.1 Å². The van der Waals surface area contributed by atoms with Crippen molar-refractivity contribution in [2.45, 2.75) is 13.3 Å². The van der Waals surface area contributed by atoms with Crippen LogP contribution in [0.25, 0.3) is 10.9 Å². The van der Waals surface area contributed by atoms with Crippen molar-refractivity contribution in [3.63, 3.8) is 0 Å². The fourth-order valence-corrected chi connectivity index (χ4v) is 3.32. The summed E-state index contributed by atoms with van der Waals surface area (Å²) in [5.74, 6) is -0.383. The molecule has 2 aromatic carbocycles. The Balaban J connectivity index is 1.62. The highest BCUT2D eigenvalue weighted by Gasteiger charge is 2.34. The first-order chi connectivity index (χ1) is 11.2. The van der Waals surface area contributed by atoms with Gasteiger partial charge in [-0.1, -0.05) is 30.3 Å². The number of imide groups is 1. The minimum atomic E-state index is -0.192. The van der Waals surface area contributed by atoms with E-state index in [-0.39, 0.29) is 11.8 Å². The van der Waals surface area contributed by atoms with Gasteiger partial charge in [0.2, 0.25) is 0 Å². The molecule has 1 N–H and O–H groups in total. The van der Waals surface area contributed by atoms with Crippen molar-refractivity contribution in [3.05, 3.63) is 70.9 Å². The van der Waals surface area contributed by atoms with E-state index < -0.39 is 0 Å². The van der Waals surface area contributed by atoms with E-state index in [9.17, 15) is 9.59 Å². The molecule has 23 heavy (non-hydrogen) atoms. The van der Waals surface area contributed by atoms with E-state index in [1.807, 2.05) is 25.1 Å². The van der Waals surface area contributed by atoms with Crippen LogP contribution in [0.5, 0.6) is 0 Å². The normalized spacial score (nSPS) is 13.9. The number of amides is 2. The summed E-state index contributed by atoms with van der Waals surface area (Å²) in [6.45, 7) is 2.42. The molecule has 0 saturated carbocycles. The number of rotatable bonds is 3. The van der Waals surface area contributed by atoms with Crippen LogP contribution in [-0.2, 0) is 6.42 Å². The molecular formula is C19H16N2O2. The van der Waals surface area contributed by atoms with E-state index in [4.69, 9.17) is 0 Å². The van der Waals surface area contributed by atoms with Crippen LogP contribution in [0, 0.1) is 6.92 Å². The molecule has 4 rings (SSSR count). The molecule has 1 aliphatic rings. The molecule has 0 atom stereocenters. The molecule has 0 bridgehead atoms. The Morgan fingerprint density at radius 3 is 2.22 bits per heavy atom. The van der Waals surface area contributed by atoms with Gasteiger partial charge in [-0.2, -0.15) is 0 Å². The molecular weight excluding hydrogens is 288 g/mol. The van der Waals surface area contributed by atoms with E-state index in [1.54, 1.807) is 24.3 Å². The zero-order chi connectivity index (χ0) is 16.0. The molecule has 0 unspecified atom stereocenters. The van der Waals surface area contributed by atoms with E-state index in [0.29, 0.717) is 24.1 Å². The van der Waals surface area contributed by atoms with Crippen LogP contribution < -0.4 is 0 Å². The first-order valence-electron chi connectivity index (χ1n) is 7.68. The summed E-state index contributed by atoms with van der Waals surface area (Å²) in [4.78, 5) is 29.5. The van der Waals surface area contributed by atoms with Crippen molar-refractivity contribution in [1.82, 2.24) is 9.88 Å². The number of benzene rings is 2. The van der Waals surface area contributed by atoms with Crippen LogP contribution in [0.3, 0.4) is 0 Å². The maximum absolute atomic E-state index is 12.4. The Bertz CT molecular complexity index is 904. The summed E-state index contributed by atoms with van der Waals surface area (Å²) in [5, 5.41) is 1.15. The lowest BCUT2D eigenvalue weighted by atomic mass is 10.1. The number of aromatic amines is 1. The molecule has 0 saturated heterocycles. The predicted molar refractivity (Wildman–Crippen MR) is 88.5 cm³/mol. The van der Waals surface area contributed by atoms with E-state index >= 15 is 0 Å². The van der Waals surface area contributed by atoms with Gasteiger partial charge < -0.3 is 4.98 Å². The predicted octanol–water partition coefficient (Wildman–Crippen LogP) is 3.32. The molecule has 0 spiro atoms. The summed E-state index contributed by atoms with van der Waals surface area (Å²) in [7, 11) is 0. The third-order valence-electron chi connectivity index (χ3n) is 4.49. The second kappa shape index (κ2) is 5.09. The number of hydrogen-bond donors (Lipinski definition) is 1. The van der Waals surface area contributed by atoms with Crippen LogP contribution in [0.2, 0.25) is 0 Å². The fraction of sp³-hybridized carbons (Fsp3) is 0.158. The number of para-hydroxylation sites is 1. The number of nitrogens with zero attached hydrogens (tertiary/aromatic N) is 1. The lowest BCUT2D eigenvalue weighted by Crippen LogP contribution is -2.31. The van der Waals surface area contributed by atoms with Crippen molar-refractivity contribution in [1.29, 1.82) is 0 Å². The van der Waals surface area contributed by atoms with Crippen LogP contribution in [-0.4, -0.2) is 28.2 Å². The second-order valence-corrected chi connectivity index (χ2v) is 5.83. The van der Waals surface area contributed by atoms with Gasteiger partial charge in [-0.25, -0.2) is 0 Å².